The van der Waals surface area contributed by atoms with E-state index in [0.717, 1.165) is 62.1 Å². The van der Waals surface area contributed by atoms with Gasteiger partial charge in [0.15, 0.2) is 0 Å². The summed E-state index contributed by atoms with van der Waals surface area (Å²) in [6.45, 7) is 55.9. The molecule has 2 heterocycles. The zero-order valence-corrected chi connectivity index (χ0v) is 63.5. The molecule has 10 aromatic carbocycles. The number of hydrogen-bond acceptors (Lipinski definition) is 2. The summed E-state index contributed by atoms with van der Waals surface area (Å²) in [6.07, 6.45) is 0. The number of benzene rings is 10. The molecule has 0 radical (unpaired) electrons. The first-order valence-corrected chi connectivity index (χ1v) is 35.6. The minimum absolute atomic E-state index is 0.0408. The average molecular weight is 1300 g/mol. The second-order valence-electron chi connectivity index (χ2n) is 36.0. The number of fused-ring (bicyclic) bond motifs is 6. The fourth-order valence-corrected chi connectivity index (χ4v) is 14.1. The summed E-state index contributed by atoms with van der Waals surface area (Å²) < 4.78 is 4.96. The van der Waals surface area contributed by atoms with Gasteiger partial charge in [0, 0.05) is 50.0 Å². The Morgan fingerprint density at radius 3 is 0.948 bits per heavy atom. The number of anilines is 6. The van der Waals surface area contributed by atoms with Gasteiger partial charge in [-0.25, -0.2) is 0 Å². The van der Waals surface area contributed by atoms with E-state index in [1.807, 2.05) is 0 Å². The Bertz CT molecular complexity index is 4800. The average Bonchev–Trinajstić information content (AvgIpc) is 1.59. The van der Waals surface area contributed by atoms with Crippen LogP contribution >= 0.6 is 11.6 Å². The van der Waals surface area contributed by atoms with Crippen LogP contribution in [0.1, 0.15) is 211 Å². The van der Waals surface area contributed by atoms with E-state index in [-0.39, 0.29) is 43.3 Å². The Morgan fingerprint density at radius 1 is 0.237 bits per heavy atom. The quantitative estimate of drug-likeness (QED) is 0.143. The molecule has 4 nitrogen and oxygen atoms in total. The van der Waals surface area contributed by atoms with Gasteiger partial charge in [-0.2, -0.15) is 0 Å². The highest BCUT2D eigenvalue weighted by Crippen LogP contribution is 2.53. The monoisotopic (exact) mass is 1300 g/mol. The van der Waals surface area contributed by atoms with Crippen molar-refractivity contribution in [1.29, 1.82) is 0 Å². The first-order valence-electron chi connectivity index (χ1n) is 35.2. The number of hydrogen-bond donors (Lipinski definition) is 0. The SMILES string of the molecule is CC(C)(C)c1cc(-c2cccc(N(c3cc(C(C)(C)C)cc(C(C)(C)C)c3)c3cc(-n4c5ccccc5c5ccccc54)cc(N(c4cccc(-n5c6ccc(C(C)(C)C)cc6c6cc(C(C)(C)C)ccc65)c4)c4cc(C(C)(C)C)cc(C(C)(C)C)c4)c3Cl)c2)cc(C(C)(C)C)c1. The molecule has 5 heteroatoms. The minimum atomic E-state index is -0.200. The summed E-state index contributed by atoms with van der Waals surface area (Å²) in [4.78, 5) is 4.96. The van der Waals surface area contributed by atoms with Gasteiger partial charge in [0.05, 0.1) is 44.2 Å². The van der Waals surface area contributed by atoms with Gasteiger partial charge in [0.2, 0.25) is 0 Å². The van der Waals surface area contributed by atoms with E-state index in [4.69, 9.17) is 11.6 Å². The van der Waals surface area contributed by atoms with Gasteiger partial charge in [0.25, 0.3) is 0 Å². The Hall–Kier alpha value is -8.31. The van der Waals surface area contributed by atoms with Crippen molar-refractivity contribution in [1.82, 2.24) is 9.13 Å². The van der Waals surface area contributed by atoms with Crippen LogP contribution in [-0.4, -0.2) is 9.13 Å². The van der Waals surface area contributed by atoms with Crippen molar-refractivity contribution in [2.24, 2.45) is 0 Å². The first-order chi connectivity index (χ1) is 45.0. The Labute approximate surface area is 586 Å². The van der Waals surface area contributed by atoms with Gasteiger partial charge in [-0.3, -0.25) is 0 Å². The summed E-state index contributed by atoms with van der Waals surface area (Å²) in [7, 11) is 0. The smallest absolute Gasteiger partial charge is 0.0888 e. The van der Waals surface area contributed by atoms with Gasteiger partial charge in [0.1, 0.15) is 0 Å². The topological polar surface area (TPSA) is 16.3 Å². The molecule has 0 unspecified atom stereocenters. The maximum atomic E-state index is 8.89. The van der Waals surface area contributed by atoms with Crippen LogP contribution in [0.25, 0.3) is 66.1 Å². The lowest BCUT2D eigenvalue weighted by Crippen LogP contribution is -2.21. The zero-order valence-electron chi connectivity index (χ0n) is 62.7. The first kappa shape index (κ1) is 68.6. The molecule has 2 aromatic heterocycles. The van der Waals surface area contributed by atoms with Crippen LogP contribution in [0.5, 0.6) is 0 Å². The lowest BCUT2D eigenvalue weighted by molar-refractivity contribution is 0.568. The van der Waals surface area contributed by atoms with E-state index < -0.39 is 0 Å². The van der Waals surface area contributed by atoms with Crippen LogP contribution in [0, 0.1) is 0 Å². The molecule has 0 atom stereocenters. The van der Waals surface area contributed by atoms with E-state index in [0.29, 0.717) is 5.02 Å². The molecule has 0 spiro atoms. The van der Waals surface area contributed by atoms with Crippen molar-refractivity contribution in [3.8, 4) is 22.5 Å². The van der Waals surface area contributed by atoms with Gasteiger partial charge in [-0.1, -0.05) is 275 Å². The van der Waals surface area contributed by atoms with Crippen LogP contribution in [-0.2, 0) is 43.3 Å². The van der Waals surface area contributed by atoms with Crippen LogP contribution in [0.4, 0.5) is 34.1 Å². The Morgan fingerprint density at radius 2 is 0.567 bits per heavy atom. The Balaban J connectivity index is 1.24. The molecule has 0 N–H and O–H groups in total. The number of halogens is 1. The molecule has 0 amide bonds. The molecule has 97 heavy (non-hydrogen) atoms. The summed E-state index contributed by atoms with van der Waals surface area (Å²) in [5.41, 5.74) is 23.9. The second-order valence-corrected chi connectivity index (χ2v) is 36.4. The van der Waals surface area contributed by atoms with Crippen LogP contribution < -0.4 is 9.80 Å². The molecule has 0 aliphatic rings. The molecule has 0 bridgehead atoms. The minimum Gasteiger partial charge on any atom is -0.309 e. The standard InChI is InChI=1S/C92H105ClN4/c1-85(2,3)60-39-41-80-76(53-60)77-54-61(86(4,5)6)40-42-81(77)96(80)70-34-30-33-69(55-70)95(72-51-66(91(19,20)21)48-67(52-72)92(22,23)24)83-57-73(97-78-37-27-25-35-74(78)75-36-26-28-38-79(75)97)56-82(84(83)93)94(71-49-64(89(13,14)15)47-65(50-71)90(16,17)18)68-32-29-31-58(45-68)59-43-62(87(7,8)9)46-63(44-59)88(10,11)12/h25-57H,1-24H3. The fraction of sp³-hybridized carbons (Fsp3) is 0.348. The number of para-hydroxylation sites is 2. The summed E-state index contributed by atoms with van der Waals surface area (Å²) in [5.74, 6) is 0. The Kier molecular flexibility index (Phi) is 17.0. The fourth-order valence-electron chi connectivity index (χ4n) is 13.8. The largest absolute Gasteiger partial charge is 0.309 e. The van der Waals surface area contributed by atoms with Crippen molar-refractivity contribution in [3.05, 3.63) is 250 Å². The number of nitrogens with zero attached hydrogens (tertiary/aromatic N) is 4. The molecular formula is C92H105ClN4. The highest BCUT2D eigenvalue weighted by molar-refractivity contribution is 6.37. The van der Waals surface area contributed by atoms with E-state index in [9.17, 15) is 0 Å². The molecule has 0 aliphatic heterocycles. The van der Waals surface area contributed by atoms with Gasteiger partial charge < -0.3 is 18.9 Å². The number of aromatic nitrogens is 2. The van der Waals surface area contributed by atoms with Gasteiger partial charge >= 0.3 is 0 Å². The summed E-state index contributed by atoms with van der Waals surface area (Å²) in [5, 5.41) is 5.49. The lowest BCUT2D eigenvalue weighted by atomic mass is 9.79. The summed E-state index contributed by atoms with van der Waals surface area (Å²) >= 11 is 8.89. The third-order valence-corrected chi connectivity index (χ3v) is 20.5. The molecule has 0 saturated carbocycles. The predicted octanol–water partition coefficient (Wildman–Crippen LogP) is 27.5. The second kappa shape index (κ2) is 24.0. The normalized spacial score (nSPS) is 13.2. The van der Waals surface area contributed by atoms with Crippen LogP contribution in [0.15, 0.2) is 200 Å². The van der Waals surface area contributed by atoms with E-state index >= 15 is 0 Å². The molecular weight excluding hydrogens is 1200 g/mol. The third-order valence-electron chi connectivity index (χ3n) is 20.1. The molecule has 0 saturated heterocycles. The molecule has 0 aliphatic carbocycles. The van der Waals surface area contributed by atoms with Crippen molar-refractivity contribution in [3.63, 3.8) is 0 Å². The van der Waals surface area contributed by atoms with Crippen LogP contribution in [0.2, 0.25) is 5.02 Å². The predicted molar refractivity (Wildman–Crippen MR) is 425 cm³/mol. The molecule has 12 rings (SSSR count). The lowest BCUT2D eigenvalue weighted by Gasteiger charge is -2.35. The molecule has 0 fully saturated rings. The summed E-state index contributed by atoms with van der Waals surface area (Å²) in [6, 6.07) is 77.0. The zero-order chi connectivity index (χ0) is 70.2. The van der Waals surface area contributed by atoms with Gasteiger partial charge in [-0.05, 0) is 202 Å². The van der Waals surface area contributed by atoms with Crippen molar-refractivity contribution in [2.75, 3.05) is 9.80 Å². The highest BCUT2D eigenvalue weighted by Gasteiger charge is 2.32. The van der Waals surface area contributed by atoms with Crippen molar-refractivity contribution >= 4 is 89.3 Å². The van der Waals surface area contributed by atoms with E-state index in [1.165, 1.54) is 82.6 Å². The molecule has 12 aromatic rings. The van der Waals surface area contributed by atoms with Gasteiger partial charge in [-0.15, -0.1) is 0 Å². The van der Waals surface area contributed by atoms with E-state index in [2.05, 4.69) is 385 Å². The van der Waals surface area contributed by atoms with Crippen molar-refractivity contribution in [2.45, 2.75) is 209 Å². The highest BCUT2D eigenvalue weighted by atomic mass is 35.5. The third kappa shape index (κ3) is 13.3. The number of rotatable bonds is 9. The maximum Gasteiger partial charge on any atom is 0.0888 e. The van der Waals surface area contributed by atoms with Crippen molar-refractivity contribution < 1.29 is 0 Å². The molecule has 500 valence electrons. The van der Waals surface area contributed by atoms with Crippen LogP contribution in [0.3, 0.4) is 0 Å². The van der Waals surface area contributed by atoms with E-state index in [1.54, 1.807) is 0 Å². The maximum absolute atomic E-state index is 8.89.